The molecule has 0 aromatic rings. The number of piperazine rings is 1. The molecule has 16 heavy (non-hydrogen) atoms. The number of hydrogen-bond donors (Lipinski definition) is 1. The minimum atomic E-state index is -0.0491. The summed E-state index contributed by atoms with van der Waals surface area (Å²) in [6, 6.07) is 0.0256. The topological polar surface area (TPSA) is 43.8 Å². The van der Waals surface area contributed by atoms with Crippen LogP contribution in [-0.2, 0) is 4.79 Å². The lowest BCUT2D eigenvalue weighted by Crippen LogP contribution is -2.61. The molecule has 0 aromatic carbocycles. The van der Waals surface area contributed by atoms with Crippen molar-refractivity contribution in [2.24, 2.45) is 0 Å². The minimum Gasteiger partial charge on any atom is -0.395 e. The molecule has 0 radical (unpaired) electrons. The Hall–Kier alpha value is -0.870. The number of aliphatic hydroxyl groups excluding tert-OH is 1. The van der Waals surface area contributed by atoms with Crippen LogP contribution in [0.2, 0.25) is 0 Å². The van der Waals surface area contributed by atoms with Crippen LogP contribution in [0, 0.1) is 0 Å². The normalized spacial score (nSPS) is 23.2. The molecule has 1 atom stereocenters. The molecule has 0 bridgehead atoms. The third kappa shape index (κ3) is 2.83. The average Bonchev–Trinajstić information content (AvgIpc) is 2.25. The van der Waals surface area contributed by atoms with Gasteiger partial charge in [0.05, 0.1) is 12.6 Å². The van der Waals surface area contributed by atoms with Gasteiger partial charge in [-0.3, -0.25) is 9.69 Å². The van der Waals surface area contributed by atoms with Crippen molar-refractivity contribution in [3.63, 3.8) is 0 Å². The van der Waals surface area contributed by atoms with Gasteiger partial charge in [-0.2, -0.15) is 0 Å². The second-order valence-electron chi connectivity index (χ2n) is 5.19. The number of hydrogen-bond acceptors (Lipinski definition) is 3. The van der Waals surface area contributed by atoms with Crippen LogP contribution in [0.4, 0.5) is 0 Å². The van der Waals surface area contributed by atoms with Crippen LogP contribution >= 0.6 is 0 Å². The molecule has 4 heteroatoms. The van der Waals surface area contributed by atoms with Crippen molar-refractivity contribution in [1.29, 1.82) is 0 Å². The zero-order valence-corrected chi connectivity index (χ0v) is 10.4. The molecule has 1 aliphatic heterocycles. The van der Waals surface area contributed by atoms with Crippen LogP contribution in [0.3, 0.4) is 0 Å². The van der Waals surface area contributed by atoms with Crippen molar-refractivity contribution in [2.45, 2.75) is 32.4 Å². The fraction of sp³-hybridized carbons (Fsp3) is 0.750. The molecular weight excluding hydrogens is 204 g/mol. The molecule has 1 N–H and O–H groups in total. The van der Waals surface area contributed by atoms with Crippen LogP contribution in [0.5, 0.6) is 0 Å². The van der Waals surface area contributed by atoms with E-state index >= 15 is 0 Å². The van der Waals surface area contributed by atoms with Gasteiger partial charge in [0.2, 0.25) is 5.91 Å². The van der Waals surface area contributed by atoms with E-state index in [2.05, 4.69) is 32.3 Å². The van der Waals surface area contributed by atoms with E-state index in [4.69, 9.17) is 0 Å². The molecule has 92 valence electrons. The Bertz CT molecular complexity index is 271. The zero-order chi connectivity index (χ0) is 12.3. The minimum absolute atomic E-state index is 0.0245. The van der Waals surface area contributed by atoms with Crippen molar-refractivity contribution in [2.75, 3.05) is 26.2 Å². The molecule has 0 spiro atoms. The van der Waals surface area contributed by atoms with Gasteiger partial charge in [0.1, 0.15) is 0 Å². The Morgan fingerprint density at radius 3 is 2.56 bits per heavy atom. The summed E-state index contributed by atoms with van der Waals surface area (Å²) >= 11 is 0. The second-order valence-corrected chi connectivity index (χ2v) is 5.19. The first kappa shape index (κ1) is 13.2. The third-order valence-corrected chi connectivity index (χ3v) is 3.04. The SMILES string of the molecule is C=CC(=O)N1CCN(C(C)(C)C)C(CO)C1. The molecule has 1 fully saturated rings. The molecule has 1 amide bonds. The van der Waals surface area contributed by atoms with Gasteiger partial charge < -0.3 is 10.0 Å². The summed E-state index contributed by atoms with van der Waals surface area (Å²) in [6.07, 6.45) is 1.33. The van der Waals surface area contributed by atoms with Crippen LogP contribution in [0.1, 0.15) is 20.8 Å². The second kappa shape index (κ2) is 4.97. The van der Waals surface area contributed by atoms with E-state index in [9.17, 15) is 9.90 Å². The zero-order valence-electron chi connectivity index (χ0n) is 10.4. The monoisotopic (exact) mass is 226 g/mol. The van der Waals surface area contributed by atoms with Gasteiger partial charge >= 0.3 is 0 Å². The van der Waals surface area contributed by atoms with Crippen LogP contribution < -0.4 is 0 Å². The molecule has 1 rings (SSSR count). The molecular formula is C12H22N2O2. The van der Waals surface area contributed by atoms with Crippen molar-refractivity contribution in [1.82, 2.24) is 9.80 Å². The third-order valence-electron chi connectivity index (χ3n) is 3.04. The molecule has 0 aliphatic carbocycles. The largest absolute Gasteiger partial charge is 0.395 e. The van der Waals surface area contributed by atoms with Gasteiger partial charge in [0.15, 0.2) is 0 Å². The van der Waals surface area contributed by atoms with Gasteiger partial charge in [-0.15, -0.1) is 0 Å². The summed E-state index contributed by atoms with van der Waals surface area (Å²) in [4.78, 5) is 15.5. The van der Waals surface area contributed by atoms with Crippen LogP contribution in [-0.4, -0.2) is 58.6 Å². The summed E-state index contributed by atoms with van der Waals surface area (Å²) in [5, 5.41) is 9.39. The maximum atomic E-state index is 11.5. The van der Waals surface area contributed by atoms with Crippen molar-refractivity contribution >= 4 is 5.91 Å². The van der Waals surface area contributed by atoms with Gasteiger partial charge in [-0.25, -0.2) is 0 Å². The van der Waals surface area contributed by atoms with Crippen molar-refractivity contribution in [3.05, 3.63) is 12.7 Å². The Morgan fingerprint density at radius 1 is 1.50 bits per heavy atom. The molecule has 4 nitrogen and oxygen atoms in total. The molecule has 1 saturated heterocycles. The van der Waals surface area contributed by atoms with E-state index in [-0.39, 0.29) is 24.1 Å². The molecule has 1 heterocycles. The van der Waals surface area contributed by atoms with Crippen LogP contribution in [0.25, 0.3) is 0 Å². The number of aliphatic hydroxyl groups is 1. The molecule has 0 aromatic heterocycles. The number of carbonyl (C=O) groups is 1. The number of rotatable bonds is 2. The van der Waals surface area contributed by atoms with Gasteiger partial charge in [-0.05, 0) is 26.8 Å². The van der Waals surface area contributed by atoms with Crippen molar-refractivity contribution < 1.29 is 9.90 Å². The smallest absolute Gasteiger partial charge is 0.246 e. The van der Waals surface area contributed by atoms with Gasteiger partial charge in [-0.1, -0.05) is 6.58 Å². The summed E-state index contributed by atoms with van der Waals surface area (Å²) in [5.74, 6) is -0.0491. The number of amides is 1. The maximum Gasteiger partial charge on any atom is 0.246 e. The predicted octanol–water partition coefficient (Wildman–Crippen LogP) is 0.476. The maximum absolute atomic E-state index is 11.5. The summed E-state index contributed by atoms with van der Waals surface area (Å²) < 4.78 is 0. The average molecular weight is 226 g/mol. The highest BCUT2D eigenvalue weighted by molar-refractivity contribution is 5.87. The fourth-order valence-corrected chi connectivity index (χ4v) is 2.22. The summed E-state index contributed by atoms with van der Waals surface area (Å²) in [7, 11) is 0. The fourth-order valence-electron chi connectivity index (χ4n) is 2.22. The van der Waals surface area contributed by atoms with E-state index in [1.807, 2.05) is 0 Å². The highest BCUT2D eigenvalue weighted by Gasteiger charge is 2.34. The number of nitrogens with zero attached hydrogens (tertiary/aromatic N) is 2. The lowest BCUT2D eigenvalue weighted by atomic mass is 10.0. The quantitative estimate of drug-likeness (QED) is 0.696. The summed E-state index contributed by atoms with van der Waals surface area (Å²) in [5.41, 5.74) is 0.0245. The van der Waals surface area contributed by atoms with Crippen LogP contribution in [0.15, 0.2) is 12.7 Å². The first-order valence-electron chi connectivity index (χ1n) is 5.69. The highest BCUT2D eigenvalue weighted by Crippen LogP contribution is 2.20. The molecule has 0 saturated carbocycles. The first-order valence-corrected chi connectivity index (χ1v) is 5.69. The number of carbonyl (C=O) groups excluding carboxylic acids is 1. The first-order chi connectivity index (χ1) is 7.40. The lowest BCUT2D eigenvalue weighted by molar-refractivity contribution is -0.131. The Kier molecular flexibility index (Phi) is 4.10. The summed E-state index contributed by atoms with van der Waals surface area (Å²) in [6.45, 7) is 12.0. The van der Waals surface area contributed by atoms with E-state index < -0.39 is 0 Å². The predicted molar refractivity (Wildman–Crippen MR) is 64.1 cm³/mol. The lowest BCUT2D eigenvalue weighted by Gasteiger charge is -2.47. The Labute approximate surface area is 97.5 Å². The molecule has 1 unspecified atom stereocenters. The van der Waals surface area contributed by atoms with E-state index in [1.165, 1.54) is 6.08 Å². The van der Waals surface area contributed by atoms with Gasteiger partial charge in [0, 0.05) is 25.2 Å². The van der Waals surface area contributed by atoms with Crippen molar-refractivity contribution in [3.8, 4) is 0 Å². The standard InChI is InChI=1S/C12H22N2O2/c1-5-11(16)13-6-7-14(12(2,3)4)10(8-13)9-15/h5,10,15H,1,6-9H2,2-4H3. The molecule has 1 aliphatic rings. The Morgan fingerprint density at radius 2 is 2.12 bits per heavy atom. The van der Waals surface area contributed by atoms with E-state index in [0.717, 1.165) is 6.54 Å². The van der Waals surface area contributed by atoms with E-state index in [1.54, 1.807) is 4.90 Å². The highest BCUT2D eigenvalue weighted by atomic mass is 16.3. The van der Waals surface area contributed by atoms with E-state index in [0.29, 0.717) is 13.1 Å². The van der Waals surface area contributed by atoms with Gasteiger partial charge in [0.25, 0.3) is 0 Å². The Balaban J connectivity index is 2.71.